The largest absolute Gasteiger partial charge is 0.497 e. The number of allylic oxidation sites excluding steroid dienone is 1. The van der Waals surface area contributed by atoms with E-state index >= 15 is 0 Å². The normalized spacial score (nSPS) is 25.0. The molecule has 0 saturated carbocycles. The molecular weight excluding hydrogens is 626 g/mol. The van der Waals surface area contributed by atoms with Crippen LogP contribution in [0.1, 0.15) is 51.1 Å². The van der Waals surface area contributed by atoms with Crippen molar-refractivity contribution in [2.75, 3.05) is 31.8 Å². The average molecular weight is 674 g/mol. The number of esters is 1. The number of hydrogen-bond donors (Lipinski definition) is 2. The van der Waals surface area contributed by atoms with Crippen molar-refractivity contribution >= 4 is 29.4 Å². The molecular formula is C38H47N3O8. The van der Waals surface area contributed by atoms with Gasteiger partial charge in [-0.3, -0.25) is 19.2 Å². The Bertz CT molecular complexity index is 1530. The summed E-state index contributed by atoms with van der Waals surface area (Å²) in [7, 11) is 1.56. The molecule has 2 aromatic rings. The fourth-order valence-electron chi connectivity index (χ4n) is 7.65. The smallest absolute Gasteiger partial charge is 0.306 e. The molecule has 3 amide bonds. The SMILES string of the molecule is C=CCCC(=O)OC[C@H](NC(=O)[C@@H]1[C@@H]2CC[C@]3(O2)[C@H](C(=O)N(CC=C)c2ccc(OC)cc2)N([C@@H](CO)C(C)C)C(=O)[C@@H]13)c1ccccc1. The van der Waals surface area contributed by atoms with Crippen LogP contribution in [0.5, 0.6) is 5.75 Å². The lowest BCUT2D eigenvalue weighted by molar-refractivity contribution is -0.147. The molecule has 0 aromatic heterocycles. The second-order valence-electron chi connectivity index (χ2n) is 13.2. The fraction of sp³-hybridized carbons (Fsp3) is 0.474. The highest BCUT2D eigenvalue weighted by Gasteiger charge is 2.75. The van der Waals surface area contributed by atoms with E-state index in [1.54, 1.807) is 48.4 Å². The third-order valence-corrected chi connectivity index (χ3v) is 10.0. The highest BCUT2D eigenvalue weighted by Crippen LogP contribution is 2.59. The van der Waals surface area contributed by atoms with Gasteiger partial charge in [0.15, 0.2) is 0 Å². The number of likely N-dealkylation sites (tertiary alicyclic amines) is 1. The molecule has 3 aliphatic heterocycles. The van der Waals surface area contributed by atoms with E-state index in [9.17, 15) is 24.3 Å². The van der Waals surface area contributed by atoms with Crippen molar-refractivity contribution < 1.29 is 38.5 Å². The highest BCUT2D eigenvalue weighted by molar-refractivity contribution is 6.05. The van der Waals surface area contributed by atoms with Crippen molar-refractivity contribution in [2.24, 2.45) is 17.8 Å². The topological polar surface area (TPSA) is 135 Å². The molecule has 2 aromatic carbocycles. The van der Waals surface area contributed by atoms with E-state index in [4.69, 9.17) is 14.2 Å². The Labute approximate surface area is 287 Å². The molecule has 5 rings (SSSR count). The minimum atomic E-state index is -1.28. The predicted molar refractivity (Wildman–Crippen MR) is 183 cm³/mol. The van der Waals surface area contributed by atoms with Crippen molar-refractivity contribution in [3.8, 4) is 5.75 Å². The van der Waals surface area contributed by atoms with E-state index in [1.165, 1.54) is 4.90 Å². The number of rotatable bonds is 16. The first-order valence-corrected chi connectivity index (χ1v) is 16.9. The Morgan fingerprint density at radius 3 is 2.45 bits per heavy atom. The summed E-state index contributed by atoms with van der Waals surface area (Å²) in [5.41, 5.74) is 0.0329. The minimum absolute atomic E-state index is 0.0979. The number of carbonyl (C=O) groups excluding carboxylic acids is 4. The number of nitrogens with zero attached hydrogens (tertiary/aromatic N) is 2. The molecule has 0 aliphatic carbocycles. The molecule has 0 unspecified atom stereocenters. The standard InChI is InChI=1S/C38H47N3O8/c1-6-8-14-31(43)48-23-28(25-12-10-9-11-13-25)39-35(44)32-30-19-20-38(49-30)33(32)36(45)41(29(22-42)24(3)4)34(38)37(46)40(21-7-2)26-15-17-27(47-5)18-16-26/h6-7,9-13,15-18,24,28-30,32-34,42H,1-2,8,14,19-23H2,3-5H3,(H,39,44)/t28-,29-,30-,32+,33+,34-,38+/m0/s1. The maximum absolute atomic E-state index is 14.8. The summed E-state index contributed by atoms with van der Waals surface area (Å²) < 4.78 is 17.5. The zero-order valence-corrected chi connectivity index (χ0v) is 28.5. The molecule has 11 nitrogen and oxygen atoms in total. The molecule has 0 radical (unpaired) electrons. The first kappa shape index (κ1) is 35.8. The van der Waals surface area contributed by atoms with Gasteiger partial charge in [0.05, 0.1) is 43.7 Å². The van der Waals surface area contributed by atoms with E-state index in [-0.39, 0.29) is 38.0 Å². The van der Waals surface area contributed by atoms with Gasteiger partial charge >= 0.3 is 5.97 Å². The number of nitrogens with one attached hydrogen (secondary N) is 1. The van der Waals surface area contributed by atoms with Crippen molar-refractivity contribution in [2.45, 2.75) is 69.4 Å². The van der Waals surface area contributed by atoms with Gasteiger partial charge in [-0.15, -0.1) is 13.2 Å². The summed E-state index contributed by atoms with van der Waals surface area (Å²) in [5, 5.41) is 13.6. The maximum Gasteiger partial charge on any atom is 0.306 e. The summed E-state index contributed by atoms with van der Waals surface area (Å²) >= 11 is 0. The monoisotopic (exact) mass is 673 g/mol. The number of methoxy groups -OCH3 is 1. The van der Waals surface area contributed by atoms with Gasteiger partial charge in [-0.1, -0.05) is 56.3 Å². The van der Waals surface area contributed by atoms with Gasteiger partial charge in [0.25, 0.3) is 5.91 Å². The van der Waals surface area contributed by atoms with E-state index in [0.717, 1.165) is 5.56 Å². The average Bonchev–Trinajstić information content (AvgIpc) is 3.76. The van der Waals surface area contributed by atoms with Crippen molar-refractivity contribution in [1.82, 2.24) is 10.2 Å². The second kappa shape index (κ2) is 15.4. The Morgan fingerprint density at radius 1 is 1.12 bits per heavy atom. The number of amides is 3. The number of fused-ring (bicyclic) bond motifs is 1. The van der Waals surface area contributed by atoms with Gasteiger partial charge in [0.2, 0.25) is 11.8 Å². The third kappa shape index (κ3) is 6.87. The van der Waals surface area contributed by atoms with Gasteiger partial charge in [0, 0.05) is 18.7 Å². The van der Waals surface area contributed by atoms with Crippen LogP contribution >= 0.6 is 0 Å². The zero-order valence-electron chi connectivity index (χ0n) is 28.5. The van der Waals surface area contributed by atoms with Crippen LogP contribution in [0.15, 0.2) is 79.9 Å². The van der Waals surface area contributed by atoms with E-state index in [2.05, 4.69) is 18.5 Å². The first-order chi connectivity index (χ1) is 23.6. The molecule has 3 saturated heterocycles. The summed E-state index contributed by atoms with van der Waals surface area (Å²) in [6.07, 6.45) is 4.16. The van der Waals surface area contributed by atoms with Crippen LogP contribution in [0.4, 0.5) is 5.69 Å². The second-order valence-corrected chi connectivity index (χ2v) is 13.2. The van der Waals surface area contributed by atoms with Gasteiger partial charge in [-0.2, -0.15) is 0 Å². The summed E-state index contributed by atoms with van der Waals surface area (Å²) in [4.78, 5) is 59.2. The number of ether oxygens (including phenoxy) is 3. The van der Waals surface area contributed by atoms with Crippen LogP contribution in [-0.2, 0) is 28.7 Å². The molecule has 262 valence electrons. The Balaban J connectivity index is 1.49. The number of benzene rings is 2. The van der Waals surface area contributed by atoms with Crippen LogP contribution in [0, 0.1) is 17.8 Å². The number of carbonyl (C=O) groups is 4. The molecule has 3 aliphatic rings. The number of hydrogen-bond acceptors (Lipinski definition) is 8. The number of anilines is 1. The first-order valence-electron chi connectivity index (χ1n) is 16.9. The lowest BCUT2D eigenvalue weighted by Gasteiger charge is -2.40. The van der Waals surface area contributed by atoms with Crippen LogP contribution in [0.2, 0.25) is 0 Å². The lowest BCUT2D eigenvalue weighted by Crippen LogP contribution is -2.59. The maximum atomic E-state index is 14.8. The minimum Gasteiger partial charge on any atom is -0.497 e. The van der Waals surface area contributed by atoms with Gasteiger partial charge in [-0.05, 0) is 55.0 Å². The van der Waals surface area contributed by atoms with E-state index < -0.39 is 59.5 Å². The summed E-state index contributed by atoms with van der Waals surface area (Å²) in [6, 6.07) is 13.7. The van der Waals surface area contributed by atoms with Crippen LogP contribution in [0.25, 0.3) is 0 Å². The highest BCUT2D eigenvalue weighted by atomic mass is 16.5. The van der Waals surface area contributed by atoms with Gasteiger partial charge in [0.1, 0.15) is 24.0 Å². The van der Waals surface area contributed by atoms with Crippen molar-refractivity contribution in [1.29, 1.82) is 0 Å². The molecule has 3 fully saturated rings. The molecule has 11 heteroatoms. The van der Waals surface area contributed by atoms with E-state index in [0.29, 0.717) is 30.7 Å². The number of aliphatic hydroxyl groups excluding tert-OH is 1. The van der Waals surface area contributed by atoms with E-state index in [1.807, 2.05) is 44.2 Å². The lowest BCUT2D eigenvalue weighted by atomic mass is 9.70. The van der Waals surface area contributed by atoms with Crippen molar-refractivity contribution in [3.05, 3.63) is 85.5 Å². The molecule has 7 atom stereocenters. The zero-order chi connectivity index (χ0) is 35.3. The number of aliphatic hydroxyl groups is 1. The van der Waals surface area contributed by atoms with Crippen LogP contribution in [-0.4, -0.2) is 84.4 Å². The Kier molecular flexibility index (Phi) is 11.2. The third-order valence-electron chi connectivity index (χ3n) is 10.0. The van der Waals surface area contributed by atoms with Gasteiger partial charge in [-0.25, -0.2) is 0 Å². The Hall–Kier alpha value is -4.48. The molecule has 49 heavy (non-hydrogen) atoms. The van der Waals surface area contributed by atoms with Crippen molar-refractivity contribution in [3.63, 3.8) is 0 Å². The molecule has 2 bridgehead atoms. The predicted octanol–water partition coefficient (Wildman–Crippen LogP) is 3.97. The van der Waals surface area contributed by atoms with Crippen LogP contribution in [0.3, 0.4) is 0 Å². The quantitative estimate of drug-likeness (QED) is 0.202. The molecule has 3 heterocycles. The van der Waals surface area contributed by atoms with Crippen LogP contribution < -0.4 is 15.0 Å². The Morgan fingerprint density at radius 2 is 1.84 bits per heavy atom. The molecule has 1 spiro atoms. The van der Waals surface area contributed by atoms with Gasteiger partial charge < -0.3 is 34.4 Å². The summed E-state index contributed by atoms with van der Waals surface area (Å²) in [5.74, 6) is -3.04. The molecule has 2 N–H and O–H groups in total. The summed E-state index contributed by atoms with van der Waals surface area (Å²) in [6.45, 7) is 11.0. The fourth-order valence-corrected chi connectivity index (χ4v) is 7.65.